The van der Waals surface area contributed by atoms with E-state index in [4.69, 9.17) is 4.74 Å². The highest BCUT2D eigenvalue weighted by Crippen LogP contribution is 2.26. The van der Waals surface area contributed by atoms with Crippen LogP contribution in [-0.4, -0.2) is 50.9 Å². The van der Waals surface area contributed by atoms with E-state index in [2.05, 4.69) is 0 Å². The largest absolute Gasteiger partial charge is 0.496 e. The Balaban J connectivity index is 2.16. The summed E-state index contributed by atoms with van der Waals surface area (Å²) in [4.78, 5) is 14.1. The number of methoxy groups -OCH3 is 1. The Hall–Kier alpha value is -1.56. The zero-order chi connectivity index (χ0) is 16.5. The number of sulfone groups is 1. The third-order valence-electron chi connectivity index (χ3n) is 4.27. The number of hydrogen-bond donors (Lipinski definition) is 0. The van der Waals surface area contributed by atoms with Crippen molar-refractivity contribution in [3.05, 3.63) is 28.8 Å². The molecule has 1 aromatic rings. The lowest BCUT2D eigenvalue weighted by atomic mass is 10.0. The van der Waals surface area contributed by atoms with Crippen LogP contribution in [0.25, 0.3) is 0 Å². The van der Waals surface area contributed by atoms with Gasteiger partial charge in [-0.05, 0) is 37.5 Å². The molecule has 122 valence electrons. The summed E-state index contributed by atoms with van der Waals surface area (Å²) in [7, 11) is 0.285. The van der Waals surface area contributed by atoms with E-state index in [9.17, 15) is 13.2 Å². The molecule has 1 aliphatic rings. The number of amides is 1. The molecule has 0 N–H and O–H groups in total. The molecule has 1 aliphatic heterocycles. The van der Waals surface area contributed by atoms with E-state index >= 15 is 0 Å². The van der Waals surface area contributed by atoms with Crippen LogP contribution in [0, 0.1) is 13.8 Å². The molecule has 2 rings (SSSR count). The number of rotatable bonds is 4. The number of hydrogen-bond acceptors (Lipinski definition) is 4. The summed E-state index contributed by atoms with van der Waals surface area (Å²) in [5.41, 5.74) is 2.96. The molecule has 1 atom stereocenters. The van der Waals surface area contributed by atoms with Gasteiger partial charge in [0.2, 0.25) is 5.91 Å². The minimum atomic E-state index is -2.99. The number of likely N-dealkylation sites (N-methyl/N-ethyl adjacent to an activating group) is 1. The maximum atomic E-state index is 12.5. The Bertz CT molecular complexity index is 682. The summed E-state index contributed by atoms with van der Waals surface area (Å²) in [6.07, 6.45) is 0.747. The van der Waals surface area contributed by atoms with Crippen LogP contribution < -0.4 is 4.74 Å². The average molecular weight is 325 g/mol. The van der Waals surface area contributed by atoms with E-state index < -0.39 is 9.84 Å². The topological polar surface area (TPSA) is 63.7 Å². The van der Waals surface area contributed by atoms with Gasteiger partial charge in [-0.25, -0.2) is 8.42 Å². The van der Waals surface area contributed by atoms with Crippen LogP contribution in [0.2, 0.25) is 0 Å². The first-order chi connectivity index (χ1) is 10.2. The smallest absolute Gasteiger partial charge is 0.227 e. The Morgan fingerprint density at radius 2 is 2.05 bits per heavy atom. The van der Waals surface area contributed by atoms with E-state index in [-0.39, 0.29) is 29.9 Å². The number of aryl methyl sites for hydroxylation is 2. The molecule has 1 unspecified atom stereocenters. The van der Waals surface area contributed by atoms with E-state index in [1.807, 2.05) is 26.0 Å². The molecule has 22 heavy (non-hydrogen) atoms. The summed E-state index contributed by atoms with van der Waals surface area (Å²) in [6.45, 7) is 3.94. The van der Waals surface area contributed by atoms with Crippen molar-refractivity contribution in [2.75, 3.05) is 25.7 Å². The van der Waals surface area contributed by atoms with Gasteiger partial charge < -0.3 is 9.64 Å². The molecular formula is C16H23NO4S. The van der Waals surface area contributed by atoms with Gasteiger partial charge in [0.15, 0.2) is 9.84 Å². The van der Waals surface area contributed by atoms with Crippen LogP contribution in [0.15, 0.2) is 12.1 Å². The van der Waals surface area contributed by atoms with E-state index in [0.717, 1.165) is 16.7 Å². The highest BCUT2D eigenvalue weighted by molar-refractivity contribution is 7.91. The summed E-state index contributed by atoms with van der Waals surface area (Å²) in [6, 6.07) is 3.72. The fraction of sp³-hybridized carbons (Fsp3) is 0.562. The maximum Gasteiger partial charge on any atom is 0.227 e. The molecule has 1 saturated heterocycles. The normalized spacial score (nSPS) is 19.9. The van der Waals surface area contributed by atoms with E-state index in [1.54, 1.807) is 19.1 Å². The quantitative estimate of drug-likeness (QED) is 0.841. The van der Waals surface area contributed by atoms with Crippen LogP contribution in [0.1, 0.15) is 23.1 Å². The van der Waals surface area contributed by atoms with Gasteiger partial charge in [0.1, 0.15) is 5.75 Å². The van der Waals surface area contributed by atoms with Crippen LogP contribution in [0.5, 0.6) is 5.75 Å². The summed E-state index contributed by atoms with van der Waals surface area (Å²) in [5, 5.41) is 0. The molecule has 1 amide bonds. The Morgan fingerprint density at radius 3 is 2.59 bits per heavy atom. The summed E-state index contributed by atoms with van der Waals surface area (Å²) in [5.74, 6) is 0.868. The van der Waals surface area contributed by atoms with Crippen LogP contribution in [-0.2, 0) is 21.1 Å². The van der Waals surface area contributed by atoms with Crippen LogP contribution in [0.3, 0.4) is 0 Å². The van der Waals surface area contributed by atoms with Crippen molar-refractivity contribution in [1.82, 2.24) is 4.90 Å². The lowest BCUT2D eigenvalue weighted by Gasteiger charge is -2.24. The molecule has 1 fully saturated rings. The Kier molecular flexibility index (Phi) is 4.80. The zero-order valence-corrected chi connectivity index (χ0v) is 14.4. The Labute approximate surface area is 132 Å². The molecule has 6 heteroatoms. The number of carbonyl (C=O) groups excluding carboxylic acids is 1. The van der Waals surface area contributed by atoms with E-state index in [1.165, 1.54) is 0 Å². The predicted molar refractivity (Wildman–Crippen MR) is 86.0 cm³/mol. The van der Waals surface area contributed by atoms with Gasteiger partial charge in [0.05, 0.1) is 25.0 Å². The van der Waals surface area contributed by atoms with Crippen molar-refractivity contribution < 1.29 is 17.9 Å². The molecule has 5 nitrogen and oxygen atoms in total. The van der Waals surface area contributed by atoms with Crippen molar-refractivity contribution in [3.63, 3.8) is 0 Å². The maximum absolute atomic E-state index is 12.5. The van der Waals surface area contributed by atoms with Crippen molar-refractivity contribution in [2.24, 2.45) is 0 Å². The van der Waals surface area contributed by atoms with Crippen molar-refractivity contribution in [2.45, 2.75) is 32.7 Å². The monoisotopic (exact) mass is 325 g/mol. The van der Waals surface area contributed by atoms with Crippen molar-refractivity contribution in [1.29, 1.82) is 0 Å². The lowest BCUT2D eigenvalue weighted by molar-refractivity contribution is -0.130. The molecule has 0 bridgehead atoms. The molecule has 0 aliphatic carbocycles. The van der Waals surface area contributed by atoms with Gasteiger partial charge in [-0.3, -0.25) is 4.79 Å². The standard InChI is InChI=1S/C16H23NO4S/c1-11-7-12(2)14(15(8-11)21-4)9-16(18)17(3)13-5-6-22(19,20)10-13/h7-8,13H,5-6,9-10H2,1-4H3. The molecule has 0 spiro atoms. The first-order valence-corrected chi connectivity index (χ1v) is 9.16. The van der Waals surface area contributed by atoms with Crippen molar-refractivity contribution in [3.8, 4) is 5.75 Å². The minimum absolute atomic E-state index is 0.0687. The third-order valence-corrected chi connectivity index (χ3v) is 6.02. The SMILES string of the molecule is COc1cc(C)cc(C)c1CC(=O)N(C)C1CCS(=O)(=O)C1. The lowest BCUT2D eigenvalue weighted by Crippen LogP contribution is -2.38. The number of ether oxygens (including phenoxy) is 1. The molecule has 0 aromatic heterocycles. The highest BCUT2D eigenvalue weighted by atomic mass is 32.2. The van der Waals surface area contributed by atoms with Gasteiger partial charge in [0.25, 0.3) is 0 Å². The zero-order valence-electron chi connectivity index (χ0n) is 13.5. The second-order valence-corrected chi connectivity index (χ2v) is 8.23. The van der Waals surface area contributed by atoms with E-state index in [0.29, 0.717) is 12.2 Å². The van der Waals surface area contributed by atoms with Gasteiger partial charge in [-0.2, -0.15) is 0 Å². The summed E-state index contributed by atoms with van der Waals surface area (Å²) < 4.78 is 28.5. The minimum Gasteiger partial charge on any atom is -0.496 e. The molecule has 0 radical (unpaired) electrons. The number of benzene rings is 1. The fourth-order valence-electron chi connectivity index (χ4n) is 2.93. The first-order valence-electron chi connectivity index (χ1n) is 7.33. The second kappa shape index (κ2) is 6.28. The first kappa shape index (κ1) is 16.8. The van der Waals surface area contributed by atoms with Gasteiger partial charge >= 0.3 is 0 Å². The highest BCUT2D eigenvalue weighted by Gasteiger charge is 2.32. The van der Waals surface area contributed by atoms with Crippen LogP contribution in [0.4, 0.5) is 0 Å². The Morgan fingerprint density at radius 1 is 1.36 bits per heavy atom. The molecule has 1 heterocycles. The predicted octanol–water partition coefficient (Wildman–Crippen LogP) is 1.50. The number of carbonyl (C=O) groups is 1. The van der Waals surface area contributed by atoms with Gasteiger partial charge in [-0.1, -0.05) is 6.07 Å². The van der Waals surface area contributed by atoms with Crippen LogP contribution >= 0.6 is 0 Å². The van der Waals surface area contributed by atoms with Gasteiger partial charge in [0, 0.05) is 18.7 Å². The number of nitrogens with zero attached hydrogens (tertiary/aromatic N) is 1. The average Bonchev–Trinajstić information content (AvgIpc) is 2.80. The molecule has 1 aromatic carbocycles. The summed E-state index contributed by atoms with van der Waals surface area (Å²) >= 11 is 0. The second-order valence-electron chi connectivity index (χ2n) is 6.00. The van der Waals surface area contributed by atoms with Gasteiger partial charge in [-0.15, -0.1) is 0 Å². The molecular weight excluding hydrogens is 302 g/mol. The van der Waals surface area contributed by atoms with Crippen molar-refractivity contribution >= 4 is 15.7 Å². The third kappa shape index (κ3) is 3.61. The molecule has 0 saturated carbocycles. The fourth-order valence-corrected chi connectivity index (χ4v) is 4.70.